The predicted molar refractivity (Wildman–Crippen MR) is 43.4 cm³/mol. The highest BCUT2D eigenvalue weighted by atomic mass is 16.4. The maximum Gasteiger partial charge on any atom is 0.309 e. The first-order chi connectivity index (χ1) is 4.90. The van der Waals surface area contributed by atoms with Gasteiger partial charge in [0.25, 0.3) is 0 Å². The summed E-state index contributed by atoms with van der Waals surface area (Å²) in [5.74, 6) is -0.639. The molecule has 1 N–H and O–H groups in total. The highest BCUT2D eigenvalue weighted by molar-refractivity contribution is 5.75. The highest BCUT2D eigenvalue weighted by Gasteiger charge is 2.50. The Bertz CT molecular complexity index is 184. The van der Waals surface area contributed by atoms with Crippen molar-refractivity contribution in [3.63, 3.8) is 0 Å². The van der Waals surface area contributed by atoms with E-state index in [2.05, 4.69) is 0 Å². The molecule has 0 aliphatic heterocycles. The number of hydrogen-bond acceptors (Lipinski definition) is 1. The molecule has 2 heteroatoms. The van der Waals surface area contributed by atoms with Gasteiger partial charge in [-0.25, -0.2) is 0 Å². The number of carbonyl (C=O) groups is 1. The summed E-state index contributed by atoms with van der Waals surface area (Å²) in [5.41, 5.74) is -0.522. The van der Waals surface area contributed by atoms with Gasteiger partial charge in [-0.3, -0.25) is 4.79 Å². The van der Waals surface area contributed by atoms with Gasteiger partial charge in [0.2, 0.25) is 0 Å². The fourth-order valence-electron chi connectivity index (χ4n) is 1.89. The zero-order valence-electron chi connectivity index (χ0n) is 7.48. The monoisotopic (exact) mass is 156 g/mol. The van der Waals surface area contributed by atoms with Gasteiger partial charge in [-0.05, 0) is 25.2 Å². The Kier molecular flexibility index (Phi) is 1.73. The summed E-state index contributed by atoms with van der Waals surface area (Å²) in [7, 11) is 0. The van der Waals surface area contributed by atoms with Crippen molar-refractivity contribution in [2.45, 2.75) is 40.0 Å². The molecule has 1 saturated carbocycles. The van der Waals surface area contributed by atoms with Crippen LogP contribution in [-0.4, -0.2) is 11.1 Å². The van der Waals surface area contributed by atoms with E-state index in [1.165, 1.54) is 0 Å². The van der Waals surface area contributed by atoms with E-state index < -0.39 is 11.4 Å². The molecule has 0 heterocycles. The van der Waals surface area contributed by atoms with Crippen molar-refractivity contribution in [1.29, 1.82) is 0 Å². The van der Waals surface area contributed by atoms with Crippen molar-refractivity contribution in [3.05, 3.63) is 0 Å². The molecule has 1 atom stereocenters. The normalized spacial score (nSPS) is 35.5. The Balaban J connectivity index is 2.93. The van der Waals surface area contributed by atoms with Crippen LogP contribution in [0.4, 0.5) is 0 Å². The molecule has 64 valence electrons. The molecular formula is C9H16O2. The first-order valence-electron chi connectivity index (χ1n) is 4.13. The van der Waals surface area contributed by atoms with Crippen molar-refractivity contribution < 1.29 is 9.90 Å². The summed E-state index contributed by atoms with van der Waals surface area (Å²) in [6.45, 7) is 5.96. The molecule has 1 unspecified atom stereocenters. The van der Waals surface area contributed by atoms with E-state index in [1.54, 1.807) is 0 Å². The molecule has 0 saturated heterocycles. The van der Waals surface area contributed by atoms with Gasteiger partial charge in [-0.1, -0.05) is 20.3 Å². The van der Waals surface area contributed by atoms with Crippen molar-refractivity contribution in [1.82, 2.24) is 0 Å². The summed E-state index contributed by atoms with van der Waals surface area (Å²) < 4.78 is 0. The van der Waals surface area contributed by atoms with Crippen molar-refractivity contribution in [2.24, 2.45) is 10.8 Å². The lowest BCUT2D eigenvalue weighted by atomic mass is 9.69. The number of carboxylic acids is 1. The highest BCUT2D eigenvalue weighted by Crippen LogP contribution is 2.52. The van der Waals surface area contributed by atoms with Crippen LogP contribution >= 0.6 is 0 Å². The maximum atomic E-state index is 10.9. The van der Waals surface area contributed by atoms with Crippen LogP contribution in [0.3, 0.4) is 0 Å². The Labute approximate surface area is 67.6 Å². The van der Waals surface area contributed by atoms with Gasteiger partial charge >= 0.3 is 5.97 Å². The van der Waals surface area contributed by atoms with E-state index >= 15 is 0 Å². The van der Waals surface area contributed by atoms with Crippen LogP contribution < -0.4 is 0 Å². The lowest BCUT2D eigenvalue weighted by Gasteiger charge is -2.33. The number of aliphatic carboxylic acids is 1. The van der Waals surface area contributed by atoms with Gasteiger partial charge in [0.15, 0.2) is 0 Å². The number of hydrogen-bond donors (Lipinski definition) is 1. The van der Waals surface area contributed by atoms with E-state index in [4.69, 9.17) is 5.11 Å². The molecule has 1 aliphatic rings. The smallest absolute Gasteiger partial charge is 0.309 e. The molecule has 0 aromatic heterocycles. The molecule has 0 aromatic rings. The minimum absolute atomic E-state index is 0.0289. The molecule has 11 heavy (non-hydrogen) atoms. The molecular weight excluding hydrogens is 140 g/mol. The largest absolute Gasteiger partial charge is 0.481 e. The third kappa shape index (κ3) is 1.05. The third-order valence-electron chi connectivity index (χ3n) is 3.44. The second kappa shape index (κ2) is 2.23. The summed E-state index contributed by atoms with van der Waals surface area (Å²) in [5, 5.41) is 9.01. The standard InChI is InChI=1S/C9H16O2/c1-8(2)5-4-6-9(8,3)7(10)11/h4-6H2,1-3H3,(H,10,11). The Morgan fingerprint density at radius 2 is 1.82 bits per heavy atom. The van der Waals surface area contributed by atoms with Gasteiger partial charge in [0.1, 0.15) is 0 Å². The minimum Gasteiger partial charge on any atom is -0.481 e. The average Bonchev–Trinajstić information content (AvgIpc) is 2.09. The quantitative estimate of drug-likeness (QED) is 0.632. The first kappa shape index (κ1) is 8.57. The zero-order chi connectivity index (χ0) is 8.70. The Hall–Kier alpha value is -0.530. The van der Waals surface area contributed by atoms with Crippen LogP contribution in [0.2, 0.25) is 0 Å². The van der Waals surface area contributed by atoms with Crippen LogP contribution in [-0.2, 0) is 4.79 Å². The van der Waals surface area contributed by atoms with Gasteiger partial charge < -0.3 is 5.11 Å². The second-order valence-corrected chi connectivity index (χ2v) is 4.37. The lowest BCUT2D eigenvalue weighted by molar-refractivity contribution is -0.153. The fraction of sp³-hybridized carbons (Fsp3) is 0.889. The van der Waals surface area contributed by atoms with E-state index in [-0.39, 0.29) is 5.41 Å². The average molecular weight is 156 g/mol. The fourth-order valence-corrected chi connectivity index (χ4v) is 1.89. The van der Waals surface area contributed by atoms with E-state index in [1.807, 2.05) is 20.8 Å². The second-order valence-electron chi connectivity index (χ2n) is 4.37. The van der Waals surface area contributed by atoms with Crippen LogP contribution in [0.25, 0.3) is 0 Å². The molecule has 2 nitrogen and oxygen atoms in total. The molecule has 0 spiro atoms. The molecule has 1 aliphatic carbocycles. The summed E-state index contributed by atoms with van der Waals surface area (Å²) in [6, 6.07) is 0. The third-order valence-corrected chi connectivity index (χ3v) is 3.44. The minimum atomic E-state index is -0.639. The van der Waals surface area contributed by atoms with E-state index in [0.29, 0.717) is 0 Å². The van der Waals surface area contributed by atoms with Gasteiger partial charge in [-0.2, -0.15) is 0 Å². The molecule has 1 fully saturated rings. The van der Waals surface area contributed by atoms with E-state index in [0.717, 1.165) is 19.3 Å². The van der Waals surface area contributed by atoms with Gasteiger partial charge in [-0.15, -0.1) is 0 Å². The Morgan fingerprint density at radius 3 is 2.00 bits per heavy atom. The van der Waals surface area contributed by atoms with Crippen LogP contribution in [0, 0.1) is 10.8 Å². The molecule has 0 radical (unpaired) electrons. The van der Waals surface area contributed by atoms with Gasteiger partial charge in [0, 0.05) is 0 Å². The molecule has 0 bridgehead atoms. The topological polar surface area (TPSA) is 37.3 Å². The zero-order valence-corrected chi connectivity index (χ0v) is 7.48. The SMILES string of the molecule is CC1(C)CCCC1(C)C(=O)O. The van der Waals surface area contributed by atoms with Crippen LogP contribution in [0.1, 0.15) is 40.0 Å². The molecule has 1 rings (SSSR count). The van der Waals surface area contributed by atoms with Crippen LogP contribution in [0.5, 0.6) is 0 Å². The van der Waals surface area contributed by atoms with Crippen molar-refractivity contribution >= 4 is 5.97 Å². The number of carboxylic acid groups (broad SMARTS) is 1. The number of rotatable bonds is 1. The summed E-state index contributed by atoms with van der Waals surface area (Å²) in [4.78, 5) is 10.9. The maximum absolute atomic E-state index is 10.9. The lowest BCUT2D eigenvalue weighted by Crippen LogP contribution is -2.37. The predicted octanol–water partition coefficient (Wildman–Crippen LogP) is 2.29. The van der Waals surface area contributed by atoms with Crippen LogP contribution in [0.15, 0.2) is 0 Å². The van der Waals surface area contributed by atoms with Crippen molar-refractivity contribution in [3.8, 4) is 0 Å². The van der Waals surface area contributed by atoms with Gasteiger partial charge in [0.05, 0.1) is 5.41 Å². The summed E-state index contributed by atoms with van der Waals surface area (Å²) in [6.07, 6.45) is 2.92. The first-order valence-corrected chi connectivity index (χ1v) is 4.13. The van der Waals surface area contributed by atoms with E-state index in [9.17, 15) is 4.79 Å². The molecule has 0 amide bonds. The molecule has 0 aromatic carbocycles. The summed E-state index contributed by atoms with van der Waals surface area (Å²) >= 11 is 0. The van der Waals surface area contributed by atoms with Crippen molar-refractivity contribution in [2.75, 3.05) is 0 Å². The Morgan fingerprint density at radius 1 is 1.27 bits per heavy atom.